The highest BCUT2D eigenvalue weighted by Crippen LogP contribution is 2.27. The molecule has 1 fully saturated rings. The monoisotopic (exact) mass is 356 g/mol. The van der Waals surface area contributed by atoms with Crippen molar-refractivity contribution in [1.82, 2.24) is 15.3 Å². The Morgan fingerprint density at radius 1 is 1.15 bits per heavy atom. The van der Waals surface area contributed by atoms with Gasteiger partial charge in [0.05, 0.1) is 14.2 Å². The average Bonchev–Trinajstić information content (AvgIpc) is 3.22. The molecule has 7 nitrogen and oxygen atoms in total. The van der Waals surface area contributed by atoms with E-state index in [9.17, 15) is 4.79 Å². The molecule has 0 saturated carbocycles. The van der Waals surface area contributed by atoms with E-state index >= 15 is 0 Å². The van der Waals surface area contributed by atoms with E-state index in [1.807, 2.05) is 18.2 Å². The number of rotatable bonds is 7. The lowest BCUT2D eigenvalue weighted by molar-refractivity contribution is 0.0949. The smallest absolute Gasteiger partial charge is 0.270 e. The maximum Gasteiger partial charge on any atom is 0.270 e. The van der Waals surface area contributed by atoms with Crippen molar-refractivity contribution in [3.8, 4) is 11.5 Å². The van der Waals surface area contributed by atoms with Crippen LogP contribution < -0.4 is 19.7 Å². The second-order valence-electron chi connectivity index (χ2n) is 6.13. The van der Waals surface area contributed by atoms with Crippen molar-refractivity contribution < 1.29 is 14.3 Å². The lowest BCUT2D eigenvalue weighted by Gasteiger charge is -2.15. The van der Waals surface area contributed by atoms with Crippen molar-refractivity contribution in [3.63, 3.8) is 0 Å². The number of nitrogens with zero attached hydrogens (tertiary/aromatic N) is 3. The summed E-state index contributed by atoms with van der Waals surface area (Å²) in [6.45, 7) is 2.41. The van der Waals surface area contributed by atoms with Crippen molar-refractivity contribution >= 4 is 11.9 Å². The third-order valence-electron chi connectivity index (χ3n) is 4.41. The summed E-state index contributed by atoms with van der Waals surface area (Å²) in [6, 6.07) is 7.39. The summed E-state index contributed by atoms with van der Waals surface area (Å²) in [5, 5.41) is 2.91. The molecular formula is C19H24N4O3. The summed E-state index contributed by atoms with van der Waals surface area (Å²) in [6.07, 6.45) is 4.62. The fourth-order valence-corrected chi connectivity index (χ4v) is 2.99. The van der Waals surface area contributed by atoms with E-state index in [1.54, 1.807) is 26.5 Å². The van der Waals surface area contributed by atoms with Crippen LogP contribution in [0.1, 0.15) is 28.9 Å². The molecule has 3 rings (SSSR count). The van der Waals surface area contributed by atoms with Crippen LogP contribution in [0, 0.1) is 0 Å². The van der Waals surface area contributed by atoms with E-state index < -0.39 is 0 Å². The van der Waals surface area contributed by atoms with Crippen LogP contribution in [-0.4, -0.2) is 49.7 Å². The highest BCUT2D eigenvalue weighted by molar-refractivity contribution is 5.92. The largest absolute Gasteiger partial charge is 0.493 e. The van der Waals surface area contributed by atoms with Gasteiger partial charge in [-0.1, -0.05) is 6.07 Å². The van der Waals surface area contributed by atoms with E-state index in [-0.39, 0.29) is 5.91 Å². The van der Waals surface area contributed by atoms with Gasteiger partial charge < -0.3 is 19.7 Å². The minimum atomic E-state index is -0.187. The molecule has 0 unspecified atom stereocenters. The average molecular weight is 356 g/mol. The Bertz CT molecular complexity index is 760. The number of anilines is 1. The number of hydrogen-bond acceptors (Lipinski definition) is 6. The third-order valence-corrected chi connectivity index (χ3v) is 4.41. The van der Waals surface area contributed by atoms with Crippen molar-refractivity contribution in [2.75, 3.05) is 38.8 Å². The van der Waals surface area contributed by atoms with Gasteiger partial charge in [-0.2, -0.15) is 0 Å². The molecule has 1 aliphatic rings. The van der Waals surface area contributed by atoms with Gasteiger partial charge in [-0.3, -0.25) is 4.79 Å². The van der Waals surface area contributed by atoms with E-state index in [0.717, 1.165) is 31.5 Å². The number of carbonyl (C=O) groups is 1. The molecule has 2 aromatic rings. The molecule has 0 spiro atoms. The summed E-state index contributed by atoms with van der Waals surface area (Å²) in [7, 11) is 3.21. The first-order valence-corrected chi connectivity index (χ1v) is 8.78. The predicted octanol–water partition coefficient (Wildman–Crippen LogP) is 2.07. The van der Waals surface area contributed by atoms with Crippen LogP contribution in [-0.2, 0) is 6.42 Å². The maximum absolute atomic E-state index is 12.4. The molecule has 1 aliphatic heterocycles. The third kappa shape index (κ3) is 4.22. The number of amides is 1. The summed E-state index contributed by atoms with van der Waals surface area (Å²) in [5.74, 6) is 1.82. The molecule has 138 valence electrons. The quantitative estimate of drug-likeness (QED) is 0.818. The summed E-state index contributed by atoms with van der Waals surface area (Å²) < 4.78 is 10.5. The SMILES string of the molecule is COc1ccc(CCNC(=O)c2ccnc(N3CCCC3)n2)cc1OC. The molecule has 1 amide bonds. The number of ether oxygens (including phenoxy) is 2. The lowest BCUT2D eigenvalue weighted by atomic mass is 10.1. The van der Waals surface area contributed by atoms with Gasteiger partial charge in [0, 0.05) is 25.8 Å². The van der Waals surface area contributed by atoms with Crippen LogP contribution in [0.4, 0.5) is 5.95 Å². The van der Waals surface area contributed by atoms with E-state index in [2.05, 4.69) is 20.2 Å². The molecule has 0 bridgehead atoms. The molecule has 1 saturated heterocycles. The molecule has 26 heavy (non-hydrogen) atoms. The van der Waals surface area contributed by atoms with Gasteiger partial charge >= 0.3 is 0 Å². The van der Waals surface area contributed by atoms with E-state index in [1.165, 1.54) is 0 Å². The highest BCUT2D eigenvalue weighted by atomic mass is 16.5. The van der Waals surface area contributed by atoms with E-state index in [0.29, 0.717) is 36.1 Å². The Morgan fingerprint density at radius 2 is 1.92 bits per heavy atom. The van der Waals surface area contributed by atoms with Gasteiger partial charge in [-0.15, -0.1) is 0 Å². The summed E-state index contributed by atoms with van der Waals surface area (Å²) in [4.78, 5) is 23.1. The number of hydrogen-bond donors (Lipinski definition) is 1. The van der Waals surface area contributed by atoms with Gasteiger partial charge in [0.2, 0.25) is 5.95 Å². The van der Waals surface area contributed by atoms with Crippen molar-refractivity contribution in [2.45, 2.75) is 19.3 Å². The summed E-state index contributed by atoms with van der Waals surface area (Å²) in [5.41, 5.74) is 1.46. The number of carbonyl (C=O) groups excluding carboxylic acids is 1. The Hall–Kier alpha value is -2.83. The number of nitrogens with one attached hydrogen (secondary N) is 1. The Balaban J connectivity index is 1.56. The van der Waals surface area contributed by atoms with E-state index in [4.69, 9.17) is 9.47 Å². The van der Waals surface area contributed by atoms with Gasteiger partial charge in [0.1, 0.15) is 5.69 Å². The van der Waals surface area contributed by atoms with Gasteiger partial charge in [-0.25, -0.2) is 9.97 Å². The molecule has 0 aliphatic carbocycles. The normalized spacial score (nSPS) is 13.5. The standard InChI is InChI=1S/C19H24N4O3/c1-25-16-6-5-14(13-17(16)26-2)7-9-20-18(24)15-8-10-21-19(22-15)23-11-3-4-12-23/h5-6,8,10,13H,3-4,7,9,11-12H2,1-2H3,(H,20,24). The number of aromatic nitrogens is 2. The first kappa shape index (κ1) is 18.0. The summed E-state index contributed by atoms with van der Waals surface area (Å²) >= 11 is 0. The van der Waals surface area contributed by atoms with Crippen LogP contribution in [0.25, 0.3) is 0 Å². The number of methoxy groups -OCH3 is 2. The molecule has 0 radical (unpaired) electrons. The zero-order valence-corrected chi connectivity index (χ0v) is 15.2. The second-order valence-corrected chi connectivity index (χ2v) is 6.13. The second kappa shape index (κ2) is 8.51. The van der Waals surface area contributed by atoms with Crippen molar-refractivity contribution in [3.05, 3.63) is 41.7 Å². The molecule has 2 heterocycles. The molecule has 0 atom stereocenters. The molecule has 7 heteroatoms. The topological polar surface area (TPSA) is 76.6 Å². The molecule has 1 aromatic heterocycles. The predicted molar refractivity (Wildman–Crippen MR) is 99.1 cm³/mol. The highest BCUT2D eigenvalue weighted by Gasteiger charge is 2.16. The minimum absolute atomic E-state index is 0.187. The zero-order valence-electron chi connectivity index (χ0n) is 15.2. The fourth-order valence-electron chi connectivity index (χ4n) is 2.99. The molecular weight excluding hydrogens is 332 g/mol. The Labute approximate surface area is 153 Å². The molecule has 1 N–H and O–H groups in total. The Morgan fingerprint density at radius 3 is 2.65 bits per heavy atom. The maximum atomic E-state index is 12.4. The van der Waals surface area contributed by atoms with Crippen LogP contribution in [0.5, 0.6) is 11.5 Å². The van der Waals surface area contributed by atoms with Crippen LogP contribution in [0.2, 0.25) is 0 Å². The zero-order chi connectivity index (χ0) is 18.4. The first-order chi connectivity index (χ1) is 12.7. The fraction of sp³-hybridized carbons (Fsp3) is 0.421. The first-order valence-electron chi connectivity index (χ1n) is 8.78. The van der Waals surface area contributed by atoms with Gasteiger partial charge in [0.15, 0.2) is 11.5 Å². The van der Waals surface area contributed by atoms with Crippen LogP contribution in [0.3, 0.4) is 0 Å². The van der Waals surface area contributed by atoms with Crippen LogP contribution >= 0.6 is 0 Å². The minimum Gasteiger partial charge on any atom is -0.493 e. The Kier molecular flexibility index (Phi) is 5.88. The number of benzene rings is 1. The van der Waals surface area contributed by atoms with Crippen molar-refractivity contribution in [2.24, 2.45) is 0 Å². The molecule has 1 aromatic carbocycles. The lowest BCUT2D eigenvalue weighted by Crippen LogP contribution is -2.28. The van der Waals surface area contributed by atoms with Crippen LogP contribution in [0.15, 0.2) is 30.5 Å². The van der Waals surface area contributed by atoms with Gasteiger partial charge in [0.25, 0.3) is 5.91 Å². The van der Waals surface area contributed by atoms with Crippen molar-refractivity contribution in [1.29, 1.82) is 0 Å². The van der Waals surface area contributed by atoms with Gasteiger partial charge in [-0.05, 0) is 43.0 Å².